The number of nitrogens with zero attached hydrogens (tertiary/aromatic N) is 5. The maximum absolute atomic E-state index is 12.3. The molecule has 0 bridgehead atoms. The summed E-state index contributed by atoms with van der Waals surface area (Å²) >= 11 is 0. The van der Waals surface area contributed by atoms with Crippen molar-refractivity contribution in [3.63, 3.8) is 0 Å². The molecule has 146 valence electrons. The molecule has 0 aliphatic rings. The van der Waals surface area contributed by atoms with Crippen molar-refractivity contribution in [1.29, 1.82) is 0 Å². The first kappa shape index (κ1) is 18.6. The molecule has 0 aliphatic heterocycles. The van der Waals surface area contributed by atoms with Crippen molar-refractivity contribution in [2.75, 3.05) is 0 Å². The Morgan fingerprint density at radius 1 is 0.966 bits per heavy atom. The topological polar surface area (TPSA) is 74.8 Å². The highest BCUT2D eigenvalue weighted by Crippen LogP contribution is 2.25. The molecular weight excluding hydrogens is 366 g/mol. The van der Waals surface area contributed by atoms with Crippen LogP contribution in [0.2, 0.25) is 0 Å². The minimum Gasteiger partial charge on any atom is -0.487 e. The monoisotopic (exact) mass is 387 g/mol. The SMILES string of the molecule is Cc1ccc(-c2cncc(OCc3c(C)cccc3-n3nnn(C)c3=O)c2)cc1. The van der Waals surface area contributed by atoms with Crippen LogP contribution in [-0.2, 0) is 13.7 Å². The maximum atomic E-state index is 12.3. The quantitative estimate of drug-likeness (QED) is 0.526. The van der Waals surface area contributed by atoms with Crippen LogP contribution in [0, 0.1) is 13.8 Å². The number of ether oxygens (including phenoxy) is 1. The van der Waals surface area contributed by atoms with E-state index in [0.717, 1.165) is 22.3 Å². The molecule has 4 rings (SSSR count). The molecule has 0 saturated heterocycles. The van der Waals surface area contributed by atoms with Crippen molar-refractivity contribution < 1.29 is 4.74 Å². The smallest absolute Gasteiger partial charge is 0.368 e. The predicted octanol–water partition coefficient (Wildman–Crippen LogP) is 3.22. The third-order valence-electron chi connectivity index (χ3n) is 4.82. The zero-order chi connectivity index (χ0) is 20.4. The van der Waals surface area contributed by atoms with Gasteiger partial charge in [0, 0.05) is 24.4 Å². The second-order valence-corrected chi connectivity index (χ2v) is 6.93. The standard InChI is InChI=1S/C22H21N5O2/c1-15-7-9-17(10-8-15)18-11-19(13-23-12-18)29-14-20-16(2)5-4-6-21(20)27-22(28)26(3)24-25-27/h4-13H,14H2,1-3H3. The number of hydrogen-bond acceptors (Lipinski definition) is 5. The summed E-state index contributed by atoms with van der Waals surface area (Å²) in [5.74, 6) is 0.656. The highest BCUT2D eigenvalue weighted by molar-refractivity contribution is 5.64. The molecule has 0 N–H and O–H groups in total. The van der Waals surface area contributed by atoms with Crippen LogP contribution in [0.4, 0.5) is 0 Å². The minimum atomic E-state index is -0.306. The van der Waals surface area contributed by atoms with Gasteiger partial charge in [-0.15, -0.1) is 0 Å². The van der Waals surface area contributed by atoms with Crippen LogP contribution in [0.25, 0.3) is 16.8 Å². The van der Waals surface area contributed by atoms with E-state index in [2.05, 4.69) is 46.6 Å². The molecule has 0 saturated carbocycles. The van der Waals surface area contributed by atoms with Crippen LogP contribution >= 0.6 is 0 Å². The second kappa shape index (κ2) is 7.71. The van der Waals surface area contributed by atoms with E-state index >= 15 is 0 Å². The first-order valence-corrected chi connectivity index (χ1v) is 9.25. The fourth-order valence-electron chi connectivity index (χ4n) is 3.09. The summed E-state index contributed by atoms with van der Waals surface area (Å²) in [6.45, 7) is 4.32. The molecule has 2 aromatic carbocycles. The molecule has 4 aromatic rings. The fourth-order valence-corrected chi connectivity index (χ4v) is 3.09. The fraction of sp³-hybridized carbons (Fsp3) is 0.182. The van der Waals surface area contributed by atoms with Gasteiger partial charge in [-0.25, -0.2) is 4.79 Å². The zero-order valence-corrected chi connectivity index (χ0v) is 16.5. The molecule has 29 heavy (non-hydrogen) atoms. The first-order chi connectivity index (χ1) is 14.0. The lowest BCUT2D eigenvalue weighted by molar-refractivity contribution is 0.303. The normalized spacial score (nSPS) is 10.9. The van der Waals surface area contributed by atoms with Gasteiger partial charge >= 0.3 is 5.69 Å². The molecule has 7 heteroatoms. The lowest BCUT2D eigenvalue weighted by Crippen LogP contribution is -2.23. The van der Waals surface area contributed by atoms with Gasteiger partial charge in [0.1, 0.15) is 12.4 Å². The van der Waals surface area contributed by atoms with Gasteiger partial charge in [0.05, 0.1) is 11.9 Å². The number of aromatic nitrogens is 5. The lowest BCUT2D eigenvalue weighted by atomic mass is 10.1. The van der Waals surface area contributed by atoms with E-state index in [-0.39, 0.29) is 12.3 Å². The summed E-state index contributed by atoms with van der Waals surface area (Å²) in [6.07, 6.45) is 3.50. The van der Waals surface area contributed by atoms with Crippen LogP contribution in [0.3, 0.4) is 0 Å². The Morgan fingerprint density at radius 2 is 1.76 bits per heavy atom. The summed E-state index contributed by atoms with van der Waals surface area (Å²) < 4.78 is 8.52. The van der Waals surface area contributed by atoms with E-state index in [1.54, 1.807) is 13.2 Å². The summed E-state index contributed by atoms with van der Waals surface area (Å²) in [5.41, 5.74) is 5.50. The molecule has 0 amide bonds. The predicted molar refractivity (Wildman–Crippen MR) is 110 cm³/mol. The van der Waals surface area contributed by atoms with E-state index < -0.39 is 0 Å². The highest BCUT2D eigenvalue weighted by Gasteiger charge is 2.13. The van der Waals surface area contributed by atoms with Crippen LogP contribution in [0.15, 0.2) is 65.7 Å². The third kappa shape index (κ3) is 3.80. The Labute approximate surface area is 168 Å². The summed E-state index contributed by atoms with van der Waals surface area (Å²) in [7, 11) is 1.57. The molecule has 2 heterocycles. The minimum absolute atomic E-state index is 0.282. The Bertz CT molecular complexity index is 1210. The van der Waals surface area contributed by atoms with E-state index in [9.17, 15) is 4.79 Å². The van der Waals surface area contributed by atoms with E-state index in [1.165, 1.54) is 14.9 Å². The first-order valence-electron chi connectivity index (χ1n) is 9.25. The van der Waals surface area contributed by atoms with Gasteiger partial charge in [-0.3, -0.25) is 4.98 Å². The van der Waals surface area contributed by atoms with Crippen molar-refractivity contribution in [1.82, 2.24) is 24.8 Å². The van der Waals surface area contributed by atoms with Crippen molar-refractivity contribution >= 4 is 0 Å². The van der Waals surface area contributed by atoms with E-state index in [4.69, 9.17) is 4.74 Å². The molecule has 0 radical (unpaired) electrons. The molecule has 0 spiro atoms. The summed E-state index contributed by atoms with van der Waals surface area (Å²) in [6, 6.07) is 15.9. The lowest BCUT2D eigenvalue weighted by Gasteiger charge is -2.13. The molecule has 2 aromatic heterocycles. The second-order valence-electron chi connectivity index (χ2n) is 6.93. The molecule has 7 nitrogen and oxygen atoms in total. The molecule has 0 unspecified atom stereocenters. The van der Waals surface area contributed by atoms with Crippen molar-refractivity contribution in [3.8, 4) is 22.6 Å². The van der Waals surface area contributed by atoms with Crippen molar-refractivity contribution in [2.45, 2.75) is 20.5 Å². The van der Waals surface area contributed by atoms with Gasteiger partial charge in [-0.1, -0.05) is 42.0 Å². The molecule has 0 atom stereocenters. The van der Waals surface area contributed by atoms with Gasteiger partial charge in [-0.05, 0) is 47.5 Å². The van der Waals surface area contributed by atoms with Crippen LogP contribution in [-0.4, -0.2) is 24.8 Å². The number of pyridine rings is 1. The number of aryl methyl sites for hydroxylation is 3. The van der Waals surface area contributed by atoms with Gasteiger partial charge in [0.25, 0.3) is 0 Å². The van der Waals surface area contributed by atoms with Crippen molar-refractivity contribution in [3.05, 3.63) is 88.1 Å². The molecule has 0 fully saturated rings. The number of benzene rings is 2. The largest absolute Gasteiger partial charge is 0.487 e. The summed E-state index contributed by atoms with van der Waals surface area (Å²) in [5, 5.41) is 7.75. The van der Waals surface area contributed by atoms with Gasteiger partial charge in [0.15, 0.2) is 0 Å². The van der Waals surface area contributed by atoms with Crippen LogP contribution in [0.5, 0.6) is 5.75 Å². The van der Waals surface area contributed by atoms with Gasteiger partial charge in [0.2, 0.25) is 0 Å². The Balaban J connectivity index is 1.62. The average molecular weight is 387 g/mol. The Hall–Kier alpha value is -3.74. The van der Waals surface area contributed by atoms with Gasteiger partial charge in [-0.2, -0.15) is 9.36 Å². The zero-order valence-electron chi connectivity index (χ0n) is 16.5. The van der Waals surface area contributed by atoms with Gasteiger partial charge < -0.3 is 4.74 Å². The number of hydrogen-bond donors (Lipinski definition) is 0. The van der Waals surface area contributed by atoms with Crippen LogP contribution < -0.4 is 10.4 Å². The highest BCUT2D eigenvalue weighted by atomic mass is 16.5. The van der Waals surface area contributed by atoms with Crippen molar-refractivity contribution in [2.24, 2.45) is 7.05 Å². The maximum Gasteiger partial charge on any atom is 0.368 e. The Kier molecular flexibility index (Phi) is 4.95. The van der Waals surface area contributed by atoms with E-state index in [0.29, 0.717) is 11.4 Å². The Morgan fingerprint density at radius 3 is 2.48 bits per heavy atom. The number of rotatable bonds is 5. The number of tetrazole rings is 1. The summed E-state index contributed by atoms with van der Waals surface area (Å²) in [4.78, 5) is 16.6. The molecular formula is C22H21N5O2. The van der Waals surface area contributed by atoms with Crippen LogP contribution in [0.1, 0.15) is 16.7 Å². The average Bonchev–Trinajstić information content (AvgIpc) is 3.06. The third-order valence-corrected chi connectivity index (χ3v) is 4.82. The van der Waals surface area contributed by atoms with E-state index in [1.807, 2.05) is 37.4 Å². The molecule has 0 aliphatic carbocycles.